The predicted molar refractivity (Wildman–Crippen MR) is 132 cm³/mol. The second-order valence-electron chi connectivity index (χ2n) is 11.5. The Hall–Kier alpha value is -2.57. The van der Waals surface area contributed by atoms with Gasteiger partial charge in [-0.2, -0.15) is 4.99 Å². The summed E-state index contributed by atoms with van der Waals surface area (Å²) >= 11 is 0. The fraction of sp³-hybridized carbons (Fsp3) is 0.654. The van der Waals surface area contributed by atoms with Gasteiger partial charge in [0.2, 0.25) is 17.8 Å². The van der Waals surface area contributed by atoms with E-state index in [4.69, 9.17) is 16.5 Å². The first-order valence-corrected chi connectivity index (χ1v) is 12.8. The minimum absolute atomic E-state index is 0.174. The Kier molecular flexibility index (Phi) is 4.75. The molecule has 0 radical (unpaired) electrons. The lowest BCUT2D eigenvalue weighted by Gasteiger charge is -2.55. The van der Waals surface area contributed by atoms with Gasteiger partial charge in [-0.05, 0) is 107 Å². The molecule has 176 valence electrons. The molecular formula is C26H36N6O. The van der Waals surface area contributed by atoms with E-state index in [1.807, 2.05) is 4.90 Å². The number of hydrogen-bond donors (Lipinski definition) is 3. The molecule has 1 amide bonds. The van der Waals surface area contributed by atoms with E-state index in [1.165, 1.54) is 25.7 Å². The number of aryl methyl sites for hydroxylation is 1. The average molecular weight is 449 g/mol. The Balaban J connectivity index is 1.30. The lowest BCUT2D eigenvalue weighted by Crippen LogP contribution is -2.58. The smallest absolute Gasteiger partial charge is 0.230 e. The van der Waals surface area contributed by atoms with Crippen molar-refractivity contribution in [1.82, 2.24) is 0 Å². The molecule has 5 aliphatic carbocycles. The molecule has 7 heteroatoms. The van der Waals surface area contributed by atoms with Crippen molar-refractivity contribution >= 4 is 29.2 Å². The SMILES string of the molecule is Cc1ccc(N2C(N)=NC(N)=NC23CCCCC3)cc1NC(=O)C12CC3CC(CC(C3)C1)C2. The summed E-state index contributed by atoms with van der Waals surface area (Å²) in [5, 5.41) is 3.35. The molecule has 1 spiro atoms. The Labute approximate surface area is 196 Å². The molecule has 1 aromatic carbocycles. The second-order valence-corrected chi connectivity index (χ2v) is 11.5. The van der Waals surface area contributed by atoms with Gasteiger partial charge in [0, 0.05) is 11.4 Å². The van der Waals surface area contributed by atoms with Gasteiger partial charge < -0.3 is 16.8 Å². The highest BCUT2D eigenvalue weighted by Crippen LogP contribution is 2.60. The number of benzene rings is 1. The van der Waals surface area contributed by atoms with Gasteiger partial charge >= 0.3 is 0 Å². The monoisotopic (exact) mass is 448 g/mol. The van der Waals surface area contributed by atoms with E-state index in [0.717, 1.165) is 79.6 Å². The van der Waals surface area contributed by atoms with Crippen LogP contribution < -0.4 is 21.7 Å². The standard InChI is InChI=1S/C26H36N6O/c1-16-5-6-20(32-24(28)30-23(27)31-26(32)7-3-2-4-8-26)12-21(16)29-22(33)25-13-17-9-18(14-25)11-19(10-17)15-25/h5-6,12,17-19H,2-4,7-11,13-15H2,1H3,(H,29,33)(H4,27,28,30,31). The van der Waals surface area contributed by atoms with Gasteiger partial charge in [0.25, 0.3) is 0 Å². The molecule has 0 atom stereocenters. The predicted octanol–water partition coefficient (Wildman–Crippen LogP) is 4.26. The number of hydrogen-bond acceptors (Lipinski definition) is 6. The summed E-state index contributed by atoms with van der Waals surface area (Å²) in [4.78, 5) is 24.8. The van der Waals surface area contributed by atoms with Crippen LogP contribution in [0.2, 0.25) is 0 Å². The van der Waals surface area contributed by atoms with Crippen LogP contribution in [0.15, 0.2) is 28.2 Å². The molecule has 33 heavy (non-hydrogen) atoms. The molecule has 1 heterocycles. The highest BCUT2D eigenvalue weighted by Gasteiger charge is 2.54. The molecule has 7 nitrogen and oxygen atoms in total. The molecule has 1 aliphatic heterocycles. The van der Waals surface area contributed by atoms with Crippen molar-refractivity contribution in [2.45, 2.75) is 83.2 Å². The number of amides is 1. The number of rotatable bonds is 3. The summed E-state index contributed by atoms with van der Waals surface area (Å²) < 4.78 is 0. The molecule has 0 aromatic heterocycles. The zero-order valence-electron chi connectivity index (χ0n) is 19.6. The molecule has 5 N–H and O–H groups in total. The van der Waals surface area contributed by atoms with Gasteiger partial charge in [-0.25, -0.2) is 4.99 Å². The van der Waals surface area contributed by atoms with E-state index in [1.54, 1.807) is 0 Å². The third-order valence-electron chi connectivity index (χ3n) is 9.10. The number of guanidine groups is 2. The first-order valence-electron chi connectivity index (χ1n) is 12.8. The molecule has 0 unspecified atom stereocenters. The molecule has 5 saturated carbocycles. The number of nitrogens with zero attached hydrogens (tertiary/aromatic N) is 3. The van der Waals surface area contributed by atoms with Crippen molar-refractivity contribution in [3.63, 3.8) is 0 Å². The quantitative estimate of drug-likeness (QED) is 0.642. The lowest BCUT2D eigenvalue weighted by atomic mass is 9.49. The molecule has 5 fully saturated rings. The highest BCUT2D eigenvalue weighted by atomic mass is 16.2. The maximum absolute atomic E-state index is 13.7. The van der Waals surface area contributed by atoms with Gasteiger partial charge in [0.05, 0.1) is 5.41 Å². The van der Waals surface area contributed by atoms with E-state index < -0.39 is 5.66 Å². The minimum atomic E-state index is -0.482. The third kappa shape index (κ3) is 3.42. The highest BCUT2D eigenvalue weighted by molar-refractivity contribution is 6.06. The van der Waals surface area contributed by atoms with Crippen molar-refractivity contribution in [1.29, 1.82) is 0 Å². The van der Waals surface area contributed by atoms with Crippen LogP contribution in [0.3, 0.4) is 0 Å². The van der Waals surface area contributed by atoms with Crippen LogP contribution in [0.25, 0.3) is 0 Å². The molecule has 6 aliphatic rings. The zero-order chi connectivity index (χ0) is 22.8. The molecular weight excluding hydrogens is 412 g/mol. The van der Waals surface area contributed by atoms with Crippen LogP contribution in [-0.4, -0.2) is 23.5 Å². The summed E-state index contributed by atoms with van der Waals surface area (Å²) in [7, 11) is 0. The van der Waals surface area contributed by atoms with Crippen molar-refractivity contribution in [3.05, 3.63) is 23.8 Å². The molecule has 7 rings (SSSR count). The van der Waals surface area contributed by atoms with E-state index in [9.17, 15) is 4.79 Å². The van der Waals surface area contributed by atoms with Gasteiger partial charge in [0.1, 0.15) is 5.66 Å². The maximum Gasteiger partial charge on any atom is 0.230 e. The van der Waals surface area contributed by atoms with Crippen LogP contribution >= 0.6 is 0 Å². The summed E-state index contributed by atoms with van der Waals surface area (Å²) in [6, 6.07) is 6.19. The topological polar surface area (TPSA) is 109 Å². The van der Waals surface area contributed by atoms with Crippen LogP contribution in [0, 0.1) is 30.1 Å². The van der Waals surface area contributed by atoms with E-state index in [2.05, 4.69) is 35.4 Å². The zero-order valence-corrected chi connectivity index (χ0v) is 19.6. The Morgan fingerprint density at radius 2 is 1.67 bits per heavy atom. The summed E-state index contributed by atoms with van der Waals surface area (Å²) in [6.07, 6.45) is 12.3. The van der Waals surface area contributed by atoms with Crippen LogP contribution in [0.1, 0.15) is 76.2 Å². The summed E-state index contributed by atoms with van der Waals surface area (Å²) in [5.41, 5.74) is 14.7. The lowest BCUT2D eigenvalue weighted by molar-refractivity contribution is -0.140. The summed E-state index contributed by atoms with van der Waals surface area (Å²) in [5.74, 6) is 3.09. The van der Waals surface area contributed by atoms with Crippen molar-refractivity contribution in [2.75, 3.05) is 10.2 Å². The Morgan fingerprint density at radius 1 is 1.03 bits per heavy atom. The van der Waals surface area contributed by atoms with Crippen molar-refractivity contribution in [2.24, 2.45) is 44.6 Å². The van der Waals surface area contributed by atoms with Gasteiger partial charge in [-0.3, -0.25) is 9.69 Å². The normalized spacial score (nSPS) is 34.2. The number of anilines is 2. The van der Waals surface area contributed by atoms with E-state index >= 15 is 0 Å². The molecule has 1 aromatic rings. The minimum Gasteiger partial charge on any atom is -0.369 e. The average Bonchev–Trinajstić information content (AvgIpc) is 2.75. The number of nitrogens with two attached hydrogens (primary N) is 2. The summed E-state index contributed by atoms with van der Waals surface area (Å²) in [6.45, 7) is 2.05. The fourth-order valence-corrected chi connectivity index (χ4v) is 8.02. The van der Waals surface area contributed by atoms with Gasteiger partial charge in [-0.1, -0.05) is 12.5 Å². The van der Waals surface area contributed by atoms with E-state index in [0.29, 0.717) is 5.96 Å². The van der Waals surface area contributed by atoms with Gasteiger partial charge in [0.15, 0.2) is 0 Å². The first-order chi connectivity index (χ1) is 15.9. The van der Waals surface area contributed by atoms with E-state index in [-0.39, 0.29) is 17.3 Å². The van der Waals surface area contributed by atoms with Crippen LogP contribution in [0.4, 0.5) is 11.4 Å². The van der Waals surface area contributed by atoms with Gasteiger partial charge in [-0.15, -0.1) is 0 Å². The largest absolute Gasteiger partial charge is 0.369 e. The molecule has 0 saturated heterocycles. The fourth-order valence-electron chi connectivity index (χ4n) is 8.02. The number of carbonyl (C=O) groups excluding carboxylic acids is 1. The Bertz CT molecular complexity index is 1000. The second kappa shape index (κ2) is 7.47. The van der Waals surface area contributed by atoms with Crippen LogP contribution in [-0.2, 0) is 4.79 Å². The van der Waals surface area contributed by atoms with Crippen molar-refractivity contribution < 1.29 is 4.79 Å². The first kappa shape index (κ1) is 21.0. The maximum atomic E-state index is 13.7. The Morgan fingerprint density at radius 3 is 2.30 bits per heavy atom. The van der Waals surface area contributed by atoms with Crippen molar-refractivity contribution in [3.8, 4) is 0 Å². The molecule has 4 bridgehead atoms. The van der Waals surface area contributed by atoms with Crippen LogP contribution in [0.5, 0.6) is 0 Å². The third-order valence-corrected chi connectivity index (χ3v) is 9.10. The number of aliphatic imine (C=N–C) groups is 2. The number of nitrogens with one attached hydrogen (secondary N) is 1. The number of carbonyl (C=O) groups is 1.